The third kappa shape index (κ3) is 6.43. The molecule has 0 spiro atoms. The number of anilines is 1. The fraction of sp³-hybridized carbons (Fsp3) is 0.148. The first-order valence-corrected chi connectivity index (χ1v) is 10.9. The third-order valence-electron chi connectivity index (χ3n) is 5.30. The number of nitrogens with one attached hydrogen (secondary N) is 1. The number of rotatable bonds is 11. The highest BCUT2D eigenvalue weighted by atomic mass is 19.1. The van der Waals surface area contributed by atoms with Crippen LogP contribution in [0.4, 0.5) is 15.8 Å². The average molecular weight is 509 g/mol. The molecule has 0 aliphatic carbocycles. The second kappa shape index (κ2) is 12.2. The molecule has 0 saturated carbocycles. The predicted octanol–water partition coefficient (Wildman–Crippen LogP) is 5.75. The SMILES string of the molecule is COc1cc(NC=CC(=O)c2ccc([N+](=O)[O-])cc2)c(C=Cc2cc(OC)c(OC)c(OC)c2)cc1F. The maximum Gasteiger partial charge on any atom is 0.269 e. The monoisotopic (exact) mass is 508 g/mol. The largest absolute Gasteiger partial charge is 0.494 e. The van der Waals surface area contributed by atoms with E-state index in [4.69, 9.17) is 18.9 Å². The van der Waals surface area contributed by atoms with E-state index in [0.717, 1.165) is 0 Å². The molecule has 0 bridgehead atoms. The van der Waals surface area contributed by atoms with Crippen LogP contribution in [-0.4, -0.2) is 39.1 Å². The molecular weight excluding hydrogens is 483 g/mol. The van der Waals surface area contributed by atoms with Gasteiger partial charge in [0.25, 0.3) is 5.69 Å². The number of carbonyl (C=O) groups is 1. The summed E-state index contributed by atoms with van der Waals surface area (Å²) < 4.78 is 35.7. The van der Waals surface area contributed by atoms with Crippen LogP contribution in [0.25, 0.3) is 12.2 Å². The van der Waals surface area contributed by atoms with E-state index in [9.17, 15) is 19.3 Å². The van der Waals surface area contributed by atoms with Gasteiger partial charge in [-0.15, -0.1) is 0 Å². The van der Waals surface area contributed by atoms with Crippen molar-refractivity contribution in [3.8, 4) is 23.0 Å². The molecule has 37 heavy (non-hydrogen) atoms. The van der Waals surface area contributed by atoms with E-state index >= 15 is 0 Å². The van der Waals surface area contributed by atoms with E-state index in [2.05, 4.69) is 5.32 Å². The molecule has 0 aromatic heterocycles. The van der Waals surface area contributed by atoms with E-state index in [1.165, 1.54) is 77.1 Å². The van der Waals surface area contributed by atoms with E-state index in [1.807, 2.05) is 0 Å². The van der Waals surface area contributed by atoms with Crippen LogP contribution >= 0.6 is 0 Å². The van der Waals surface area contributed by atoms with Gasteiger partial charge in [0.05, 0.1) is 33.4 Å². The first-order chi connectivity index (χ1) is 17.8. The molecule has 9 nitrogen and oxygen atoms in total. The second-order valence-electron chi connectivity index (χ2n) is 7.51. The van der Waals surface area contributed by atoms with Crippen LogP contribution in [0.15, 0.2) is 60.8 Å². The van der Waals surface area contributed by atoms with Gasteiger partial charge in [0.2, 0.25) is 5.75 Å². The molecule has 0 amide bonds. The number of allylic oxidation sites excluding steroid dienone is 1. The zero-order valence-corrected chi connectivity index (χ0v) is 20.6. The van der Waals surface area contributed by atoms with Crippen molar-refractivity contribution in [3.05, 3.63) is 93.4 Å². The molecule has 0 atom stereocenters. The van der Waals surface area contributed by atoms with Crippen molar-refractivity contribution in [1.29, 1.82) is 0 Å². The van der Waals surface area contributed by atoms with Crippen molar-refractivity contribution in [2.24, 2.45) is 0 Å². The number of nitro benzene ring substituents is 1. The smallest absolute Gasteiger partial charge is 0.269 e. The number of ketones is 1. The zero-order chi connectivity index (χ0) is 26.9. The molecule has 0 unspecified atom stereocenters. The topological polar surface area (TPSA) is 109 Å². The Morgan fingerprint density at radius 1 is 0.892 bits per heavy atom. The molecule has 0 aliphatic heterocycles. The van der Waals surface area contributed by atoms with Crippen LogP contribution in [0.3, 0.4) is 0 Å². The lowest BCUT2D eigenvalue weighted by molar-refractivity contribution is -0.384. The number of carbonyl (C=O) groups excluding carboxylic acids is 1. The maximum atomic E-state index is 14.5. The van der Waals surface area contributed by atoms with Crippen molar-refractivity contribution >= 4 is 29.3 Å². The summed E-state index contributed by atoms with van der Waals surface area (Å²) in [4.78, 5) is 22.7. The molecule has 0 fully saturated rings. The Morgan fingerprint density at radius 2 is 1.51 bits per heavy atom. The molecule has 192 valence electrons. The van der Waals surface area contributed by atoms with Crippen molar-refractivity contribution in [2.75, 3.05) is 33.8 Å². The van der Waals surface area contributed by atoms with Gasteiger partial charge < -0.3 is 24.3 Å². The van der Waals surface area contributed by atoms with Gasteiger partial charge in [-0.3, -0.25) is 14.9 Å². The average Bonchev–Trinajstić information content (AvgIpc) is 2.91. The lowest BCUT2D eigenvalue weighted by Crippen LogP contribution is -1.99. The van der Waals surface area contributed by atoms with Crippen LogP contribution < -0.4 is 24.3 Å². The minimum Gasteiger partial charge on any atom is -0.494 e. The number of ether oxygens (including phenoxy) is 4. The van der Waals surface area contributed by atoms with Crippen LogP contribution in [-0.2, 0) is 0 Å². The Balaban J connectivity index is 1.88. The number of benzene rings is 3. The van der Waals surface area contributed by atoms with E-state index in [0.29, 0.717) is 34.1 Å². The first-order valence-electron chi connectivity index (χ1n) is 10.9. The molecule has 3 rings (SSSR count). The summed E-state index contributed by atoms with van der Waals surface area (Å²) in [7, 11) is 5.88. The zero-order valence-electron chi connectivity index (χ0n) is 20.6. The number of hydrogen-bond acceptors (Lipinski definition) is 8. The predicted molar refractivity (Wildman–Crippen MR) is 138 cm³/mol. The molecule has 3 aromatic carbocycles. The Kier molecular flexibility index (Phi) is 8.82. The van der Waals surface area contributed by atoms with Gasteiger partial charge in [-0.1, -0.05) is 12.2 Å². The van der Waals surface area contributed by atoms with Crippen molar-refractivity contribution < 1.29 is 33.1 Å². The Bertz CT molecular complexity index is 1330. The number of nitro groups is 1. The fourth-order valence-electron chi connectivity index (χ4n) is 3.42. The maximum absolute atomic E-state index is 14.5. The minimum atomic E-state index is -0.566. The molecule has 0 saturated heterocycles. The summed E-state index contributed by atoms with van der Waals surface area (Å²) in [6, 6.07) is 11.5. The number of methoxy groups -OCH3 is 4. The summed E-state index contributed by atoms with van der Waals surface area (Å²) >= 11 is 0. The summed E-state index contributed by atoms with van der Waals surface area (Å²) in [6.45, 7) is 0. The lowest BCUT2D eigenvalue weighted by atomic mass is 10.1. The summed E-state index contributed by atoms with van der Waals surface area (Å²) in [5, 5.41) is 13.8. The Labute approximate surface area is 212 Å². The van der Waals surface area contributed by atoms with Gasteiger partial charge in [-0.25, -0.2) is 4.39 Å². The molecule has 0 aliphatic rings. The third-order valence-corrected chi connectivity index (χ3v) is 5.30. The van der Waals surface area contributed by atoms with E-state index in [1.54, 1.807) is 24.3 Å². The van der Waals surface area contributed by atoms with Crippen LogP contribution in [0.1, 0.15) is 21.5 Å². The summed E-state index contributed by atoms with van der Waals surface area (Å²) in [6.07, 6.45) is 6.08. The number of non-ortho nitro benzene ring substituents is 1. The molecular formula is C27H25FN2O7. The van der Waals surface area contributed by atoms with Crippen LogP contribution in [0.2, 0.25) is 0 Å². The molecule has 0 heterocycles. The Morgan fingerprint density at radius 3 is 2.05 bits per heavy atom. The normalized spacial score (nSPS) is 10.9. The second-order valence-corrected chi connectivity index (χ2v) is 7.51. The van der Waals surface area contributed by atoms with Crippen molar-refractivity contribution in [1.82, 2.24) is 0 Å². The molecule has 3 aromatic rings. The highest BCUT2D eigenvalue weighted by Crippen LogP contribution is 2.39. The standard InChI is InChI=1S/C27H25FN2O7/c1-34-24-16-22(29-12-11-23(31)18-7-9-20(10-8-18)30(32)33)19(15-21(24)28)6-5-17-13-25(35-2)27(37-4)26(14-17)36-3/h5-16,29H,1-4H3. The van der Waals surface area contributed by atoms with Crippen LogP contribution in [0.5, 0.6) is 23.0 Å². The van der Waals surface area contributed by atoms with Gasteiger partial charge in [0.15, 0.2) is 28.8 Å². The first kappa shape index (κ1) is 26.7. The molecule has 1 N–H and O–H groups in total. The Hall–Kier alpha value is -4.86. The molecule has 10 heteroatoms. The van der Waals surface area contributed by atoms with Crippen molar-refractivity contribution in [3.63, 3.8) is 0 Å². The fourth-order valence-corrected chi connectivity index (χ4v) is 3.42. The van der Waals surface area contributed by atoms with Crippen molar-refractivity contribution in [2.45, 2.75) is 0 Å². The van der Waals surface area contributed by atoms with Crippen LogP contribution in [0, 0.1) is 15.9 Å². The van der Waals surface area contributed by atoms with Gasteiger partial charge >= 0.3 is 0 Å². The van der Waals surface area contributed by atoms with Gasteiger partial charge in [-0.2, -0.15) is 0 Å². The highest BCUT2D eigenvalue weighted by Gasteiger charge is 2.13. The number of hydrogen-bond donors (Lipinski definition) is 1. The van der Waals surface area contributed by atoms with Gasteiger partial charge in [0.1, 0.15) is 0 Å². The van der Waals surface area contributed by atoms with Gasteiger partial charge in [0, 0.05) is 47.3 Å². The lowest BCUT2D eigenvalue weighted by Gasteiger charge is -2.13. The van der Waals surface area contributed by atoms with E-state index < -0.39 is 10.7 Å². The van der Waals surface area contributed by atoms with Gasteiger partial charge in [-0.05, 0) is 35.9 Å². The highest BCUT2D eigenvalue weighted by molar-refractivity contribution is 6.04. The minimum absolute atomic E-state index is 0.0162. The number of halogens is 1. The number of nitrogens with zero attached hydrogens (tertiary/aromatic N) is 1. The quantitative estimate of drug-likeness (QED) is 0.115. The summed E-state index contributed by atoms with van der Waals surface area (Å²) in [5.74, 6) is 0.460. The molecule has 0 radical (unpaired) electrons. The van der Waals surface area contributed by atoms with E-state index in [-0.39, 0.29) is 22.8 Å². The summed E-state index contributed by atoms with van der Waals surface area (Å²) in [5.41, 5.74) is 1.82.